The van der Waals surface area contributed by atoms with Gasteiger partial charge >= 0.3 is 0 Å². The lowest BCUT2D eigenvalue weighted by Crippen LogP contribution is -1.96. The second-order valence-corrected chi connectivity index (χ2v) is 6.36. The third-order valence-electron chi connectivity index (χ3n) is 4.17. The molecule has 0 spiro atoms. The molecular formula is C19H21ClN2. The minimum absolute atomic E-state index is 0.476. The van der Waals surface area contributed by atoms with Crippen LogP contribution in [0.2, 0.25) is 0 Å². The van der Waals surface area contributed by atoms with Crippen LogP contribution in [-0.4, -0.2) is 9.38 Å². The number of aryl methyl sites for hydroxylation is 1. The molecule has 0 aliphatic carbocycles. The Balaban J connectivity index is 1.98. The number of alkyl halides is 1. The second-order valence-electron chi connectivity index (χ2n) is 6.10. The molecule has 2 aromatic heterocycles. The van der Waals surface area contributed by atoms with Crippen molar-refractivity contribution in [3.63, 3.8) is 0 Å². The van der Waals surface area contributed by atoms with Crippen molar-refractivity contribution < 1.29 is 0 Å². The van der Waals surface area contributed by atoms with Gasteiger partial charge in [0.2, 0.25) is 0 Å². The predicted octanol–water partition coefficient (Wildman–Crippen LogP) is 5.10. The summed E-state index contributed by atoms with van der Waals surface area (Å²) in [5.41, 5.74) is 6.99. The number of hydrogen-bond donors (Lipinski definition) is 0. The molecule has 114 valence electrons. The van der Waals surface area contributed by atoms with E-state index in [1.54, 1.807) is 0 Å². The number of hydrogen-bond acceptors (Lipinski definition) is 1. The Morgan fingerprint density at radius 1 is 1.14 bits per heavy atom. The quantitative estimate of drug-likeness (QED) is 0.613. The molecule has 0 saturated carbocycles. The van der Waals surface area contributed by atoms with E-state index in [4.69, 9.17) is 16.6 Å². The molecule has 3 rings (SSSR count). The van der Waals surface area contributed by atoms with Gasteiger partial charge in [0.25, 0.3) is 0 Å². The standard InChI is InChI=1S/C19H21ClN2/c1-13(2)16-8-6-15(7-9-16)11-17-18(12-20)22-10-4-5-14(3)19(22)21-17/h4-10,13H,11-12H2,1-3H3. The van der Waals surface area contributed by atoms with Crippen molar-refractivity contribution in [3.8, 4) is 0 Å². The van der Waals surface area contributed by atoms with Crippen molar-refractivity contribution >= 4 is 17.2 Å². The Morgan fingerprint density at radius 3 is 2.50 bits per heavy atom. The van der Waals surface area contributed by atoms with Crippen LogP contribution in [0.4, 0.5) is 0 Å². The van der Waals surface area contributed by atoms with E-state index in [-0.39, 0.29) is 0 Å². The van der Waals surface area contributed by atoms with Crippen LogP contribution < -0.4 is 0 Å². The van der Waals surface area contributed by atoms with E-state index >= 15 is 0 Å². The number of halogens is 1. The summed E-state index contributed by atoms with van der Waals surface area (Å²) in [7, 11) is 0. The second kappa shape index (κ2) is 6.13. The SMILES string of the molecule is Cc1cccn2c(CCl)c(Cc3ccc(C(C)C)cc3)nc12. The summed E-state index contributed by atoms with van der Waals surface area (Å²) in [6, 6.07) is 12.9. The van der Waals surface area contributed by atoms with Crippen LogP contribution >= 0.6 is 11.6 Å². The number of fused-ring (bicyclic) bond motifs is 1. The summed E-state index contributed by atoms with van der Waals surface area (Å²) in [4.78, 5) is 4.81. The molecule has 2 nitrogen and oxygen atoms in total. The Labute approximate surface area is 136 Å². The van der Waals surface area contributed by atoms with E-state index in [9.17, 15) is 0 Å². The Bertz CT molecular complexity index is 785. The summed E-state index contributed by atoms with van der Waals surface area (Å²) < 4.78 is 2.11. The van der Waals surface area contributed by atoms with Crippen molar-refractivity contribution in [3.05, 3.63) is 70.7 Å². The molecule has 0 amide bonds. The molecule has 0 aliphatic heterocycles. The smallest absolute Gasteiger partial charge is 0.140 e. The summed E-state index contributed by atoms with van der Waals surface area (Å²) >= 11 is 6.18. The fraction of sp³-hybridized carbons (Fsp3) is 0.316. The maximum absolute atomic E-state index is 6.18. The van der Waals surface area contributed by atoms with Gasteiger partial charge < -0.3 is 4.40 Å². The first-order valence-electron chi connectivity index (χ1n) is 7.70. The lowest BCUT2D eigenvalue weighted by molar-refractivity contribution is 0.865. The molecule has 0 fully saturated rings. The van der Waals surface area contributed by atoms with E-state index in [0.29, 0.717) is 11.8 Å². The van der Waals surface area contributed by atoms with Crippen molar-refractivity contribution in [1.29, 1.82) is 0 Å². The third-order valence-corrected chi connectivity index (χ3v) is 4.42. The molecule has 0 radical (unpaired) electrons. The van der Waals surface area contributed by atoms with Gasteiger partial charge in [-0.15, -0.1) is 11.6 Å². The summed E-state index contributed by atoms with van der Waals surface area (Å²) in [5, 5.41) is 0. The molecule has 1 aromatic carbocycles. The molecule has 22 heavy (non-hydrogen) atoms. The Kier molecular flexibility index (Phi) is 4.21. The summed E-state index contributed by atoms with van der Waals surface area (Å²) in [5.74, 6) is 1.04. The van der Waals surface area contributed by atoms with Gasteiger partial charge in [-0.05, 0) is 35.6 Å². The van der Waals surface area contributed by atoms with Gasteiger partial charge in [0, 0.05) is 12.6 Å². The number of nitrogens with zero attached hydrogens (tertiary/aromatic N) is 2. The van der Waals surface area contributed by atoms with Crippen molar-refractivity contribution in [1.82, 2.24) is 9.38 Å². The molecule has 0 saturated heterocycles. The Hall–Kier alpha value is -1.80. The fourth-order valence-corrected chi connectivity index (χ4v) is 3.08. The van der Waals surface area contributed by atoms with E-state index in [1.807, 2.05) is 12.3 Å². The minimum atomic E-state index is 0.476. The summed E-state index contributed by atoms with van der Waals surface area (Å²) in [6.45, 7) is 6.51. The molecule has 3 heteroatoms. The summed E-state index contributed by atoms with van der Waals surface area (Å²) in [6.07, 6.45) is 2.86. The van der Waals surface area contributed by atoms with Crippen LogP contribution in [0.15, 0.2) is 42.6 Å². The maximum Gasteiger partial charge on any atom is 0.140 e. The average molecular weight is 313 g/mol. The first-order valence-corrected chi connectivity index (χ1v) is 8.24. The fourth-order valence-electron chi connectivity index (χ4n) is 2.80. The normalized spacial score (nSPS) is 11.5. The molecular weight excluding hydrogens is 292 g/mol. The maximum atomic E-state index is 6.18. The number of rotatable bonds is 4. The number of aromatic nitrogens is 2. The highest BCUT2D eigenvalue weighted by molar-refractivity contribution is 6.17. The van der Waals surface area contributed by atoms with Gasteiger partial charge in [0.15, 0.2) is 0 Å². The molecule has 0 bridgehead atoms. The zero-order valence-electron chi connectivity index (χ0n) is 13.3. The van der Waals surface area contributed by atoms with Gasteiger partial charge in [-0.3, -0.25) is 0 Å². The lowest BCUT2D eigenvalue weighted by Gasteiger charge is -2.07. The molecule has 2 heterocycles. The third kappa shape index (κ3) is 2.76. The van der Waals surface area contributed by atoms with Gasteiger partial charge in [-0.2, -0.15) is 0 Å². The monoisotopic (exact) mass is 312 g/mol. The van der Waals surface area contributed by atoms with Gasteiger partial charge in [0.05, 0.1) is 17.3 Å². The van der Waals surface area contributed by atoms with Crippen LogP contribution in [0.1, 0.15) is 47.8 Å². The van der Waals surface area contributed by atoms with Crippen molar-refractivity contribution in [2.75, 3.05) is 0 Å². The van der Waals surface area contributed by atoms with Crippen LogP contribution in [0.5, 0.6) is 0 Å². The van der Waals surface area contributed by atoms with Crippen molar-refractivity contribution in [2.24, 2.45) is 0 Å². The zero-order valence-corrected chi connectivity index (χ0v) is 14.1. The van der Waals surface area contributed by atoms with E-state index < -0.39 is 0 Å². The van der Waals surface area contributed by atoms with Crippen LogP contribution in [0.25, 0.3) is 5.65 Å². The average Bonchev–Trinajstić information content (AvgIpc) is 2.86. The Morgan fingerprint density at radius 2 is 1.86 bits per heavy atom. The largest absolute Gasteiger partial charge is 0.302 e. The number of imidazole rings is 1. The topological polar surface area (TPSA) is 17.3 Å². The van der Waals surface area contributed by atoms with Crippen molar-refractivity contribution in [2.45, 2.75) is 39.0 Å². The first-order chi connectivity index (χ1) is 10.6. The first kappa shape index (κ1) is 15.1. The van der Waals surface area contributed by atoms with Gasteiger partial charge in [0.1, 0.15) is 5.65 Å². The molecule has 0 unspecified atom stereocenters. The van der Waals surface area contributed by atoms with E-state index in [1.165, 1.54) is 16.7 Å². The van der Waals surface area contributed by atoms with Crippen LogP contribution in [-0.2, 0) is 12.3 Å². The number of benzene rings is 1. The van der Waals surface area contributed by atoms with Gasteiger partial charge in [-0.1, -0.05) is 44.2 Å². The van der Waals surface area contributed by atoms with Crippen LogP contribution in [0.3, 0.4) is 0 Å². The van der Waals surface area contributed by atoms with E-state index in [2.05, 4.69) is 55.5 Å². The highest BCUT2D eigenvalue weighted by Crippen LogP contribution is 2.21. The molecule has 3 aromatic rings. The van der Waals surface area contributed by atoms with Gasteiger partial charge in [-0.25, -0.2) is 4.98 Å². The molecule has 0 atom stereocenters. The number of pyridine rings is 1. The highest BCUT2D eigenvalue weighted by Gasteiger charge is 2.13. The van der Waals surface area contributed by atoms with E-state index in [0.717, 1.165) is 23.5 Å². The highest BCUT2D eigenvalue weighted by atomic mass is 35.5. The zero-order chi connectivity index (χ0) is 15.7. The lowest BCUT2D eigenvalue weighted by atomic mass is 10.00. The predicted molar refractivity (Wildman–Crippen MR) is 92.8 cm³/mol. The molecule has 0 N–H and O–H groups in total. The van der Waals surface area contributed by atoms with Crippen LogP contribution in [0, 0.1) is 6.92 Å². The minimum Gasteiger partial charge on any atom is -0.302 e. The molecule has 0 aliphatic rings.